The lowest BCUT2D eigenvalue weighted by atomic mass is 10.1. The van der Waals surface area contributed by atoms with E-state index in [2.05, 4.69) is 10.0 Å². The lowest BCUT2D eigenvalue weighted by Gasteiger charge is -2.18. The highest BCUT2D eigenvalue weighted by Crippen LogP contribution is 2.17. The van der Waals surface area contributed by atoms with Crippen molar-refractivity contribution in [2.45, 2.75) is 31.2 Å². The predicted octanol–water partition coefficient (Wildman–Crippen LogP) is 2.68. The number of nitrogens with one attached hydrogen (secondary N) is 2. The highest BCUT2D eigenvalue weighted by Gasteiger charge is 2.16. The van der Waals surface area contributed by atoms with Crippen LogP contribution in [0.4, 0.5) is 5.69 Å². The molecule has 2 rings (SSSR count). The number of hydrogen-bond donors (Lipinski definition) is 3. The van der Waals surface area contributed by atoms with Crippen LogP contribution in [-0.2, 0) is 10.0 Å². The molecule has 2 aromatic rings. The van der Waals surface area contributed by atoms with Gasteiger partial charge in [-0.25, -0.2) is 8.42 Å². The number of benzene rings is 2. The molecule has 2 aromatic carbocycles. The Hall–Kier alpha value is -2.09. The molecule has 0 aliphatic heterocycles. The average molecular weight is 398 g/mol. The molecule has 26 heavy (non-hydrogen) atoms. The van der Waals surface area contributed by atoms with Crippen molar-refractivity contribution < 1.29 is 13.2 Å². The van der Waals surface area contributed by atoms with Gasteiger partial charge in [-0.2, -0.15) is 0 Å². The zero-order valence-electron chi connectivity index (χ0n) is 14.9. The molecule has 0 radical (unpaired) electrons. The SMILES string of the molecule is Cc1ccc(NS(=O)(=O)c2ccc(C(=O)NCC(C)(C)N)cc2)cc1.Cl. The van der Waals surface area contributed by atoms with Gasteiger partial charge in [-0.05, 0) is 57.2 Å². The van der Waals surface area contributed by atoms with Crippen molar-refractivity contribution in [3.8, 4) is 0 Å². The van der Waals surface area contributed by atoms with Gasteiger partial charge in [0.1, 0.15) is 0 Å². The van der Waals surface area contributed by atoms with E-state index in [0.717, 1.165) is 5.56 Å². The summed E-state index contributed by atoms with van der Waals surface area (Å²) in [4.78, 5) is 12.1. The van der Waals surface area contributed by atoms with Crippen LogP contribution in [0, 0.1) is 6.92 Å². The lowest BCUT2D eigenvalue weighted by Crippen LogP contribution is -2.45. The van der Waals surface area contributed by atoms with E-state index in [-0.39, 0.29) is 23.2 Å². The monoisotopic (exact) mass is 397 g/mol. The van der Waals surface area contributed by atoms with Gasteiger partial charge in [0.05, 0.1) is 4.90 Å². The predicted molar refractivity (Wildman–Crippen MR) is 106 cm³/mol. The van der Waals surface area contributed by atoms with Crippen LogP contribution in [-0.4, -0.2) is 26.4 Å². The van der Waals surface area contributed by atoms with Crippen LogP contribution in [0.2, 0.25) is 0 Å². The lowest BCUT2D eigenvalue weighted by molar-refractivity contribution is 0.0946. The fraction of sp³-hybridized carbons (Fsp3) is 0.278. The normalized spacial score (nSPS) is 11.4. The Balaban J connectivity index is 0.00000338. The molecule has 0 spiro atoms. The molecular weight excluding hydrogens is 374 g/mol. The van der Waals surface area contributed by atoms with Crippen molar-refractivity contribution in [2.75, 3.05) is 11.3 Å². The molecule has 0 aliphatic rings. The Bertz CT molecular complexity index is 843. The third-order valence-electron chi connectivity index (χ3n) is 3.44. The molecule has 0 aromatic heterocycles. The van der Waals surface area contributed by atoms with E-state index in [4.69, 9.17) is 5.73 Å². The molecule has 142 valence electrons. The van der Waals surface area contributed by atoms with E-state index in [1.54, 1.807) is 26.0 Å². The van der Waals surface area contributed by atoms with Crippen LogP contribution in [0.15, 0.2) is 53.4 Å². The second-order valence-electron chi connectivity index (χ2n) is 6.67. The highest BCUT2D eigenvalue weighted by atomic mass is 35.5. The number of amides is 1. The van der Waals surface area contributed by atoms with E-state index >= 15 is 0 Å². The molecule has 4 N–H and O–H groups in total. The number of halogens is 1. The van der Waals surface area contributed by atoms with Crippen molar-refractivity contribution >= 4 is 34.0 Å². The average Bonchev–Trinajstić information content (AvgIpc) is 2.54. The first kappa shape index (κ1) is 22.0. The molecule has 0 saturated carbocycles. The third-order valence-corrected chi connectivity index (χ3v) is 4.83. The number of aryl methyl sites for hydroxylation is 1. The number of sulfonamides is 1. The van der Waals surface area contributed by atoms with Crippen molar-refractivity contribution in [1.29, 1.82) is 0 Å². The number of anilines is 1. The zero-order chi connectivity index (χ0) is 18.7. The minimum atomic E-state index is -3.71. The van der Waals surface area contributed by atoms with Gasteiger partial charge in [0, 0.05) is 23.3 Å². The van der Waals surface area contributed by atoms with E-state index < -0.39 is 15.6 Å². The maximum absolute atomic E-state index is 12.4. The van der Waals surface area contributed by atoms with Gasteiger partial charge in [-0.3, -0.25) is 9.52 Å². The quantitative estimate of drug-likeness (QED) is 0.697. The van der Waals surface area contributed by atoms with Gasteiger partial charge in [0.25, 0.3) is 15.9 Å². The van der Waals surface area contributed by atoms with Gasteiger partial charge >= 0.3 is 0 Å². The maximum atomic E-state index is 12.4. The number of nitrogens with two attached hydrogens (primary N) is 1. The molecule has 0 fully saturated rings. The smallest absolute Gasteiger partial charge is 0.261 e. The Morgan fingerprint density at radius 2 is 1.58 bits per heavy atom. The number of carbonyl (C=O) groups is 1. The first-order chi connectivity index (χ1) is 11.6. The molecule has 0 aliphatic carbocycles. The Morgan fingerprint density at radius 3 is 2.08 bits per heavy atom. The van der Waals surface area contributed by atoms with Gasteiger partial charge in [-0.15, -0.1) is 12.4 Å². The zero-order valence-corrected chi connectivity index (χ0v) is 16.6. The second kappa shape index (κ2) is 8.53. The summed E-state index contributed by atoms with van der Waals surface area (Å²) in [6, 6.07) is 12.8. The van der Waals surface area contributed by atoms with Gasteiger partial charge < -0.3 is 11.1 Å². The summed E-state index contributed by atoms with van der Waals surface area (Å²) in [5, 5.41) is 2.71. The molecule has 0 bridgehead atoms. The minimum absolute atomic E-state index is 0. The molecular formula is C18H24ClN3O3S. The third kappa shape index (κ3) is 6.33. The molecule has 0 saturated heterocycles. The molecule has 6 nitrogen and oxygen atoms in total. The van der Waals surface area contributed by atoms with Gasteiger partial charge in [0.15, 0.2) is 0 Å². The fourth-order valence-corrected chi connectivity index (χ4v) is 3.09. The van der Waals surface area contributed by atoms with Crippen molar-refractivity contribution in [1.82, 2.24) is 5.32 Å². The summed E-state index contributed by atoms with van der Waals surface area (Å²) in [7, 11) is -3.71. The van der Waals surface area contributed by atoms with E-state index in [1.165, 1.54) is 24.3 Å². The Kier molecular flexibility index (Phi) is 7.20. The topological polar surface area (TPSA) is 101 Å². The van der Waals surface area contributed by atoms with Crippen LogP contribution < -0.4 is 15.8 Å². The molecule has 1 amide bonds. The highest BCUT2D eigenvalue weighted by molar-refractivity contribution is 7.92. The molecule has 0 atom stereocenters. The summed E-state index contributed by atoms with van der Waals surface area (Å²) >= 11 is 0. The summed E-state index contributed by atoms with van der Waals surface area (Å²) in [6.45, 7) is 5.86. The molecule has 0 heterocycles. The molecule has 8 heteroatoms. The largest absolute Gasteiger partial charge is 0.350 e. The Morgan fingerprint density at radius 1 is 1.04 bits per heavy atom. The van der Waals surface area contributed by atoms with E-state index in [9.17, 15) is 13.2 Å². The standard InChI is InChI=1S/C18H23N3O3S.ClH/c1-13-4-8-15(9-5-13)21-25(23,24)16-10-6-14(7-11-16)17(22)20-12-18(2,3)19;/h4-11,21H,12,19H2,1-3H3,(H,20,22);1H. The van der Waals surface area contributed by atoms with E-state index in [0.29, 0.717) is 17.8 Å². The fourth-order valence-electron chi connectivity index (χ4n) is 2.03. The van der Waals surface area contributed by atoms with Gasteiger partial charge in [0.2, 0.25) is 0 Å². The maximum Gasteiger partial charge on any atom is 0.261 e. The number of hydrogen-bond acceptors (Lipinski definition) is 4. The molecule has 0 unspecified atom stereocenters. The van der Waals surface area contributed by atoms with Crippen molar-refractivity contribution in [3.05, 3.63) is 59.7 Å². The summed E-state index contributed by atoms with van der Waals surface area (Å²) in [5.41, 5.74) is 7.20. The van der Waals surface area contributed by atoms with E-state index in [1.807, 2.05) is 19.1 Å². The minimum Gasteiger partial charge on any atom is -0.350 e. The Labute approximate surface area is 160 Å². The summed E-state index contributed by atoms with van der Waals surface area (Å²) in [5.74, 6) is -0.297. The van der Waals surface area contributed by atoms with Crippen LogP contribution in [0.5, 0.6) is 0 Å². The first-order valence-electron chi connectivity index (χ1n) is 7.83. The number of carbonyl (C=O) groups excluding carboxylic acids is 1. The van der Waals surface area contributed by atoms with Crippen LogP contribution in [0.3, 0.4) is 0 Å². The number of rotatable bonds is 6. The first-order valence-corrected chi connectivity index (χ1v) is 9.32. The van der Waals surface area contributed by atoms with Crippen molar-refractivity contribution in [3.63, 3.8) is 0 Å². The van der Waals surface area contributed by atoms with Crippen molar-refractivity contribution in [2.24, 2.45) is 5.73 Å². The summed E-state index contributed by atoms with van der Waals surface area (Å²) < 4.78 is 27.3. The summed E-state index contributed by atoms with van der Waals surface area (Å²) in [6.07, 6.45) is 0. The van der Waals surface area contributed by atoms with Crippen LogP contribution in [0.25, 0.3) is 0 Å². The van der Waals surface area contributed by atoms with Crippen LogP contribution in [0.1, 0.15) is 29.8 Å². The van der Waals surface area contributed by atoms with Gasteiger partial charge in [-0.1, -0.05) is 17.7 Å². The van der Waals surface area contributed by atoms with Crippen LogP contribution >= 0.6 is 12.4 Å². The second-order valence-corrected chi connectivity index (χ2v) is 8.35.